The predicted molar refractivity (Wildman–Crippen MR) is 81.0 cm³/mol. The molecule has 1 heterocycles. The number of nitrogens with one attached hydrogen (secondary N) is 1. The van der Waals surface area contributed by atoms with Gasteiger partial charge in [0.15, 0.2) is 0 Å². The Morgan fingerprint density at radius 1 is 1.38 bits per heavy atom. The first-order valence-electron chi connectivity index (χ1n) is 7.37. The number of hydrogen-bond acceptors (Lipinski definition) is 4. The first-order chi connectivity index (χ1) is 9.98. The largest absolute Gasteiger partial charge is 0.508 e. The van der Waals surface area contributed by atoms with Gasteiger partial charge in [-0.1, -0.05) is 19.1 Å². The number of benzene rings is 1. The molecule has 1 saturated heterocycles. The van der Waals surface area contributed by atoms with Crippen molar-refractivity contribution in [3.63, 3.8) is 0 Å². The Morgan fingerprint density at radius 3 is 2.62 bits per heavy atom. The number of carbonyl (C=O) groups excluding carboxylic acids is 1. The van der Waals surface area contributed by atoms with Crippen LogP contribution in [0.5, 0.6) is 5.75 Å². The lowest BCUT2D eigenvalue weighted by atomic mass is 9.82. The predicted octanol–water partition coefficient (Wildman–Crippen LogP) is 1.19. The Hall–Kier alpha value is -1.59. The molecule has 1 fully saturated rings. The van der Waals surface area contributed by atoms with Crippen molar-refractivity contribution in [2.45, 2.75) is 32.2 Å². The first kappa shape index (κ1) is 15.8. The molecule has 1 atom stereocenters. The number of ether oxygens (including phenoxy) is 1. The van der Waals surface area contributed by atoms with Crippen LogP contribution in [0.4, 0.5) is 0 Å². The van der Waals surface area contributed by atoms with Gasteiger partial charge in [0.05, 0.1) is 6.04 Å². The Kier molecular flexibility index (Phi) is 5.20. The molecule has 1 aliphatic rings. The summed E-state index contributed by atoms with van der Waals surface area (Å²) < 4.78 is 5.35. The molecule has 5 heteroatoms. The van der Waals surface area contributed by atoms with Crippen LogP contribution in [-0.4, -0.2) is 36.8 Å². The summed E-state index contributed by atoms with van der Waals surface area (Å²) in [6.07, 6.45) is 2.38. The van der Waals surface area contributed by atoms with Gasteiger partial charge >= 0.3 is 0 Å². The van der Waals surface area contributed by atoms with Crippen molar-refractivity contribution in [1.29, 1.82) is 0 Å². The minimum Gasteiger partial charge on any atom is -0.508 e. The summed E-state index contributed by atoms with van der Waals surface area (Å²) in [6.45, 7) is 4.32. The molecule has 2 rings (SSSR count). The van der Waals surface area contributed by atoms with E-state index in [2.05, 4.69) is 12.2 Å². The number of phenols is 1. The van der Waals surface area contributed by atoms with Crippen LogP contribution >= 0.6 is 0 Å². The van der Waals surface area contributed by atoms with E-state index in [1.807, 2.05) is 0 Å². The highest BCUT2D eigenvalue weighted by atomic mass is 16.5. The molecule has 0 radical (unpaired) electrons. The maximum atomic E-state index is 12.1. The quantitative estimate of drug-likeness (QED) is 0.761. The maximum absolute atomic E-state index is 12.1. The highest BCUT2D eigenvalue weighted by Gasteiger charge is 2.28. The van der Waals surface area contributed by atoms with Gasteiger partial charge in [-0.2, -0.15) is 0 Å². The van der Waals surface area contributed by atoms with E-state index in [9.17, 15) is 9.90 Å². The molecular formula is C16H24N2O3. The van der Waals surface area contributed by atoms with Gasteiger partial charge in [-0.05, 0) is 42.4 Å². The average Bonchev–Trinajstić information content (AvgIpc) is 2.48. The zero-order valence-electron chi connectivity index (χ0n) is 12.5. The van der Waals surface area contributed by atoms with E-state index in [0.29, 0.717) is 13.0 Å². The topological polar surface area (TPSA) is 84.6 Å². The monoisotopic (exact) mass is 292 g/mol. The molecule has 5 nitrogen and oxygen atoms in total. The highest BCUT2D eigenvalue weighted by Crippen LogP contribution is 2.28. The van der Waals surface area contributed by atoms with Crippen LogP contribution in [0.15, 0.2) is 24.3 Å². The molecular weight excluding hydrogens is 268 g/mol. The highest BCUT2D eigenvalue weighted by molar-refractivity contribution is 5.81. The number of aromatic hydroxyl groups is 1. The van der Waals surface area contributed by atoms with Crippen LogP contribution in [0.1, 0.15) is 25.3 Å². The standard InChI is InChI=1S/C16H24N2O3/c1-16(6-8-21-9-7-16)11-18-15(20)14(17)10-12-2-4-13(19)5-3-12/h2-5,14,19H,6-11,17H2,1H3,(H,18,20). The molecule has 0 aromatic heterocycles. The number of nitrogens with two attached hydrogens (primary N) is 1. The zero-order valence-corrected chi connectivity index (χ0v) is 12.5. The fourth-order valence-corrected chi connectivity index (χ4v) is 2.45. The number of carbonyl (C=O) groups is 1. The van der Waals surface area contributed by atoms with Crippen LogP contribution in [0.2, 0.25) is 0 Å². The van der Waals surface area contributed by atoms with Crippen molar-refractivity contribution in [3.8, 4) is 5.75 Å². The summed E-state index contributed by atoms with van der Waals surface area (Å²) in [5.41, 5.74) is 6.99. The van der Waals surface area contributed by atoms with Crippen LogP contribution in [0.25, 0.3) is 0 Å². The lowest BCUT2D eigenvalue weighted by molar-refractivity contribution is -0.123. The molecule has 1 aromatic carbocycles. The number of rotatable bonds is 5. The molecule has 4 N–H and O–H groups in total. The Bertz CT molecular complexity index is 467. The summed E-state index contributed by atoms with van der Waals surface area (Å²) in [5.74, 6) is 0.0833. The van der Waals surface area contributed by atoms with Crippen LogP contribution < -0.4 is 11.1 Å². The van der Waals surface area contributed by atoms with Gasteiger partial charge in [-0.25, -0.2) is 0 Å². The van der Waals surface area contributed by atoms with Crippen molar-refractivity contribution in [1.82, 2.24) is 5.32 Å². The van der Waals surface area contributed by atoms with Crippen molar-refractivity contribution < 1.29 is 14.6 Å². The molecule has 0 spiro atoms. The van der Waals surface area contributed by atoms with E-state index in [0.717, 1.165) is 31.6 Å². The van der Waals surface area contributed by atoms with Gasteiger partial charge in [0.1, 0.15) is 5.75 Å². The van der Waals surface area contributed by atoms with Gasteiger partial charge in [0, 0.05) is 19.8 Å². The first-order valence-corrected chi connectivity index (χ1v) is 7.37. The van der Waals surface area contributed by atoms with E-state index >= 15 is 0 Å². The van der Waals surface area contributed by atoms with Crippen molar-refractivity contribution in [2.75, 3.05) is 19.8 Å². The SMILES string of the molecule is CC1(CNC(=O)C(N)Cc2ccc(O)cc2)CCOCC1. The molecule has 0 aliphatic carbocycles. The summed E-state index contributed by atoms with van der Waals surface area (Å²) >= 11 is 0. The second-order valence-electron chi connectivity index (χ2n) is 6.12. The van der Waals surface area contributed by atoms with Gasteiger partial charge in [-0.3, -0.25) is 4.79 Å². The molecule has 21 heavy (non-hydrogen) atoms. The number of amides is 1. The van der Waals surface area contributed by atoms with E-state index in [1.165, 1.54) is 0 Å². The summed E-state index contributed by atoms with van der Waals surface area (Å²) in [7, 11) is 0. The van der Waals surface area contributed by atoms with Gasteiger partial charge in [-0.15, -0.1) is 0 Å². The second kappa shape index (κ2) is 6.91. The Balaban J connectivity index is 1.80. The van der Waals surface area contributed by atoms with E-state index < -0.39 is 6.04 Å². The molecule has 1 amide bonds. The fourth-order valence-electron chi connectivity index (χ4n) is 2.45. The lowest BCUT2D eigenvalue weighted by Gasteiger charge is -2.33. The lowest BCUT2D eigenvalue weighted by Crippen LogP contribution is -2.46. The molecule has 1 unspecified atom stereocenters. The smallest absolute Gasteiger partial charge is 0.237 e. The van der Waals surface area contributed by atoms with Gasteiger partial charge in [0.25, 0.3) is 0 Å². The van der Waals surface area contributed by atoms with Gasteiger partial charge < -0.3 is 20.9 Å². The van der Waals surface area contributed by atoms with Crippen molar-refractivity contribution >= 4 is 5.91 Å². The fraction of sp³-hybridized carbons (Fsp3) is 0.562. The summed E-state index contributed by atoms with van der Waals surface area (Å²) in [4.78, 5) is 12.1. The average molecular weight is 292 g/mol. The third-order valence-electron chi connectivity index (χ3n) is 4.12. The van der Waals surface area contributed by atoms with E-state index in [-0.39, 0.29) is 17.1 Å². The number of hydrogen-bond donors (Lipinski definition) is 3. The van der Waals surface area contributed by atoms with Crippen LogP contribution in [-0.2, 0) is 16.0 Å². The third kappa shape index (κ3) is 4.72. The van der Waals surface area contributed by atoms with Crippen LogP contribution in [0.3, 0.4) is 0 Å². The summed E-state index contributed by atoms with van der Waals surface area (Å²) in [6, 6.07) is 6.19. The minimum atomic E-state index is -0.571. The van der Waals surface area contributed by atoms with Crippen molar-refractivity contribution in [2.24, 2.45) is 11.1 Å². The molecule has 0 bridgehead atoms. The summed E-state index contributed by atoms with van der Waals surface area (Å²) in [5, 5.41) is 12.2. The zero-order chi connectivity index (χ0) is 15.3. The Labute approximate surface area is 125 Å². The molecule has 116 valence electrons. The maximum Gasteiger partial charge on any atom is 0.237 e. The minimum absolute atomic E-state index is 0.103. The van der Waals surface area contributed by atoms with E-state index in [4.69, 9.17) is 10.5 Å². The van der Waals surface area contributed by atoms with Gasteiger partial charge in [0.2, 0.25) is 5.91 Å². The molecule has 1 aliphatic heterocycles. The second-order valence-corrected chi connectivity index (χ2v) is 6.12. The van der Waals surface area contributed by atoms with Crippen LogP contribution in [0, 0.1) is 5.41 Å². The Morgan fingerprint density at radius 2 is 2.00 bits per heavy atom. The van der Waals surface area contributed by atoms with E-state index in [1.54, 1.807) is 24.3 Å². The molecule has 0 saturated carbocycles. The third-order valence-corrected chi connectivity index (χ3v) is 4.12. The normalized spacial score (nSPS) is 19.0. The molecule has 1 aromatic rings. The van der Waals surface area contributed by atoms with Crippen molar-refractivity contribution in [3.05, 3.63) is 29.8 Å². The number of phenolic OH excluding ortho intramolecular Hbond substituents is 1.